The number of hydrogen-bond acceptors (Lipinski definition) is 4. The van der Waals surface area contributed by atoms with Crippen molar-refractivity contribution in [2.45, 2.75) is 13.8 Å². The number of anilines is 1. The molecule has 82 valence electrons. The van der Waals surface area contributed by atoms with Gasteiger partial charge in [0.05, 0.1) is 11.9 Å². The van der Waals surface area contributed by atoms with E-state index < -0.39 is 0 Å². The number of rotatable bonds is 4. The van der Waals surface area contributed by atoms with Crippen molar-refractivity contribution in [2.24, 2.45) is 5.84 Å². The summed E-state index contributed by atoms with van der Waals surface area (Å²) in [5.41, 5.74) is 3.59. The molecule has 1 amide bonds. The van der Waals surface area contributed by atoms with Gasteiger partial charge in [0.15, 0.2) is 0 Å². The van der Waals surface area contributed by atoms with Gasteiger partial charge in [0, 0.05) is 13.1 Å². The van der Waals surface area contributed by atoms with Crippen LogP contribution in [0.5, 0.6) is 0 Å². The molecule has 0 fully saturated rings. The van der Waals surface area contributed by atoms with Crippen LogP contribution in [-0.2, 0) is 0 Å². The first kappa shape index (κ1) is 11.5. The summed E-state index contributed by atoms with van der Waals surface area (Å²) in [6.07, 6.45) is 1.54. The molecule has 0 aliphatic carbocycles. The third-order valence-corrected chi connectivity index (χ3v) is 2.20. The summed E-state index contributed by atoms with van der Waals surface area (Å²) < 4.78 is 0. The van der Waals surface area contributed by atoms with E-state index in [0.717, 1.165) is 0 Å². The number of carbonyl (C=O) groups is 1. The third kappa shape index (κ3) is 2.66. The number of amides is 1. The van der Waals surface area contributed by atoms with E-state index in [0.29, 0.717) is 24.5 Å². The maximum absolute atomic E-state index is 11.8. The molecule has 15 heavy (non-hydrogen) atoms. The first-order valence-electron chi connectivity index (χ1n) is 4.94. The quantitative estimate of drug-likeness (QED) is 0.568. The minimum atomic E-state index is -0.0522. The Morgan fingerprint density at radius 2 is 2.13 bits per heavy atom. The molecule has 0 radical (unpaired) electrons. The van der Waals surface area contributed by atoms with Gasteiger partial charge in [-0.25, -0.2) is 4.98 Å². The average molecular weight is 208 g/mol. The van der Waals surface area contributed by atoms with Crippen molar-refractivity contribution in [1.29, 1.82) is 0 Å². The van der Waals surface area contributed by atoms with E-state index in [-0.39, 0.29) is 5.91 Å². The molecule has 0 unspecified atom stereocenters. The number of nitrogens with one attached hydrogen (secondary N) is 1. The third-order valence-electron chi connectivity index (χ3n) is 2.20. The van der Waals surface area contributed by atoms with Crippen molar-refractivity contribution in [3.63, 3.8) is 0 Å². The van der Waals surface area contributed by atoms with E-state index in [1.165, 1.54) is 6.20 Å². The molecule has 0 aliphatic rings. The van der Waals surface area contributed by atoms with Gasteiger partial charge in [-0.05, 0) is 26.0 Å². The lowest BCUT2D eigenvalue weighted by Crippen LogP contribution is -2.31. The van der Waals surface area contributed by atoms with E-state index >= 15 is 0 Å². The van der Waals surface area contributed by atoms with Crippen LogP contribution in [0.25, 0.3) is 0 Å². The van der Waals surface area contributed by atoms with Crippen molar-refractivity contribution in [1.82, 2.24) is 9.88 Å². The topological polar surface area (TPSA) is 71.2 Å². The summed E-state index contributed by atoms with van der Waals surface area (Å²) in [7, 11) is 0. The van der Waals surface area contributed by atoms with Crippen molar-refractivity contribution in [2.75, 3.05) is 18.5 Å². The highest BCUT2D eigenvalue weighted by molar-refractivity contribution is 5.92. The van der Waals surface area contributed by atoms with Crippen LogP contribution in [0.4, 0.5) is 5.69 Å². The van der Waals surface area contributed by atoms with Gasteiger partial charge >= 0.3 is 0 Å². The molecule has 0 aromatic carbocycles. The normalized spacial score (nSPS) is 9.80. The van der Waals surface area contributed by atoms with Crippen LogP contribution < -0.4 is 11.3 Å². The summed E-state index contributed by atoms with van der Waals surface area (Å²) >= 11 is 0. The molecule has 1 aromatic heterocycles. The Bertz CT molecular complexity index is 319. The van der Waals surface area contributed by atoms with Gasteiger partial charge in [0.2, 0.25) is 0 Å². The molecule has 3 N–H and O–H groups in total. The van der Waals surface area contributed by atoms with Crippen LogP contribution in [0, 0.1) is 0 Å². The molecule has 0 bridgehead atoms. The Labute approximate surface area is 89.3 Å². The average Bonchev–Trinajstić information content (AvgIpc) is 2.30. The second kappa shape index (κ2) is 5.31. The van der Waals surface area contributed by atoms with Crippen LogP contribution in [0.2, 0.25) is 0 Å². The number of nitrogens with zero attached hydrogens (tertiary/aromatic N) is 2. The summed E-state index contributed by atoms with van der Waals surface area (Å²) in [4.78, 5) is 17.6. The molecule has 5 nitrogen and oxygen atoms in total. The van der Waals surface area contributed by atoms with Crippen molar-refractivity contribution >= 4 is 11.6 Å². The number of aromatic nitrogens is 1. The van der Waals surface area contributed by atoms with Crippen LogP contribution in [0.15, 0.2) is 18.3 Å². The molecule has 1 aromatic rings. The summed E-state index contributed by atoms with van der Waals surface area (Å²) in [6, 6.07) is 3.39. The van der Waals surface area contributed by atoms with E-state index in [9.17, 15) is 4.79 Å². The first-order chi connectivity index (χ1) is 7.22. The van der Waals surface area contributed by atoms with E-state index in [1.807, 2.05) is 13.8 Å². The predicted molar refractivity (Wildman–Crippen MR) is 59.3 cm³/mol. The van der Waals surface area contributed by atoms with E-state index in [2.05, 4.69) is 10.4 Å². The number of hydrogen-bond donors (Lipinski definition) is 2. The number of hydrazine groups is 1. The zero-order valence-corrected chi connectivity index (χ0v) is 9.03. The van der Waals surface area contributed by atoms with Crippen LogP contribution in [0.1, 0.15) is 24.3 Å². The molecule has 1 rings (SSSR count). The monoisotopic (exact) mass is 208 g/mol. The molecular formula is C10H16N4O. The molecule has 5 heteroatoms. The summed E-state index contributed by atoms with van der Waals surface area (Å²) in [5.74, 6) is 5.15. The minimum absolute atomic E-state index is 0.0522. The Morgan fingerprint density at radius 3 is 2.53 bits per heavy atom. The van der Waals surface area contributed by atoms with Crippen molar-refractivity contribution in [3.05, 3.63) is 24.0 Å². The maximum Gasteiger partial charge on any atom is 0.272 e. The van der Waals surface area contributed by atoms with Gasteiger partial charge < -0.3 is 10.3 Å². The van der Waals surface area contributed by atoms with Crippen LogP contribution >= 0.6 is 0 Å². The summed E-state index contributed by atoms with van der Waals surface area (Å²) in [5, 5.41) is 0. The lowest BCUT2D eigenvalue weighted by Gasteiger charge is -2.17. The first-order valence-corrected chi connectivity index (χ1v) is 4.94. The van der Waals surface area contributed by atoms with Gasteiger partial charge in [-0.1, -0.05) is 0 Å². The van der Waals surface area contributed by atoms with Gasteiger partial charge in [-0.15, -0.1) is 0 Å². The highest BCUT2D eigenvalue weighted by atomic mass is 16.2. The van der Waals surface area contributed by atoms with Gasteiger partial charge in [-0.2, -0.15) is 0 Å². The zero-order valence-electron chi connectivity index (χ0n) is 9.03. The summed E-state index contributed by atoms with van der Waals surface area (Å²) in [6.45, 7) is 5.26. The SMILES string of the molecule is CCN(CC)C(=O)c1ccc(NN)cn1. The Balaban J connectivity index is 2.82. The molecule has 0 atom stereocenters. The highest BCUT2D eigenvalue weighted by Crippen LogP contribution is 2.06. The van der Waals surface area contributed by atoms with Gasteiger partial charge in [0.1, 0.15) is 5.69 Å². The largest absolute Gasteiger partial charge is 0.338 e. The fourth-order valence-electron chi connectivity index (χ4n) is 1.28. The second-order valence-corrected chi connectivity index (χ2v) is 3.05. The molecule has 0 saturated carbocycles. The van der Waals surface area contributed by atoms with Gasteiger partial charge in [-0.3, -0.25) is 10.6 Å². The predicted octanol–water partition coefficient (Wildman–Crippen LogP) is 0.849. The number of nitrogens with two attached hydrogens (primary N) is 1. The van der Waals surface area contributed by atoms with Crippen LogP contribution in [-0.4, -0.2) is 28.9 Å². The standard InChI is InChI=1S/C10H16N4O/c1-3-14(4-2)10(15)9-6-5-8(13-11)7-12-9/h5-7,13H,3-4,11H2,1-2H3. The van der Waals surface area contributed by atoms with Crippen molar-refractivity contribution < 1.29 is 4.79 Å². The number of pyridine rings is 1. The smallest absolute Gasteiger partial charge is 0.272 e. The number of carbonyl (C=O) groups excluding carboxylic acids is 1. The molecule has 0 aliphatic heterocycles. The fourth-order valence-corrected chi connectivity index (χ4v) is 1.28. The second-order valence-electron chi connectivity index (χ2n) is 3.05. The lowest BCUT2D eigenvalue weighted by atomic mass is 10.3. The molecular weight excluding hydrogens is 192 g/mol. The minimum Gasteiger partial charge on any atom is -0.338 e. The number of nitrogen functional groups attached to an aromatic ring is 1. The maximum atomic E-state index is 11.8. The van der Waals surface area contributed by atoms with Crippen LogP contribution in [0.3, 0.4) is 0 Å². The molecule has 0 saturated heterocycles. The molecule has 1 heterocycles. The Morgan fingerprint density at radius 1 is 1.47 bits per heavy atom. The highest BCUT2D eigenvalue weighted by Gasteiger charge is 2.12. The Hall–Kier alpha value is -1.62. The van der Waals surface area contributed by atoms with E-state index in [1.54, 1.807) is 17.0 Å². The van der Waals surface area contributed by atoms with Gasteiger partial charge in [0.25, 0.3) is 5.91 Å². The lowest BCUT2D eigenvalue weighted by molar-refractivity contribution is 0.0767. The fraction of sp³-hybridized carbons (Fsp3) is 0.400. The zero-order chi connectivity index (χ0) is 11.3. The Kier molecular flexibility index (Phi) is 4.05. The van der Waals surface area contributed by atoms with Crippen molar-refractivity contribution in [3.8, 4) is 0 Å². The molecule has 0 spiro atoms. The van der Waals surface area contributed by atoms with E-state index in [4.69, 9.17) is 5.84 Å².